The molecule has 0 unspecified atom stereocenters. The van der Waals surface area contributed by atoms with Crippen molar-refractivity contribution in [2.24, 2.45) is 29.4 Å². The minimum atomic E-state index is -0.292. The van der Waals surface area contributed by atoms with E-state index in [0.717, 1.165) is 11.8 Å². The Hall–Kier alpha value is -0.120. The van der Waals surface area contributed by atoms with Crippen LogP contribution in [0.3, 0.4) is 0 Å². The molecule has 0 radical (unpaired) electrons. The summed E-state index contributed by atoms with van der Waals surface area (Å²) >= 11 is 0. The molecule has 1 aliphatic heterocycles. The predicted molar refractivity (Wildman–Crippen MR) is 64.3 cm³/mol. The molecule has 4 bridgehead atoms. The molecule has 4 aliphatic carbocycles. The molecule has 2 N–H and O–H groups in total. The molecule has 3 heteroatoms. The van der Waals surface area contributed by atoms with E-state index < -0.39 is 0 Å². The van der Waals surface area contributed by atoms with Crippen molar-refractivity contribution < 1.29 is 9.47 Å². The van der Waals surface area contributed by atoms with Gasteiger partial charge in [-0.3, -0.25) is 0 Å². The predicted octanol–water partition coefficient (Wildman–Crippen LogP) is 1.90. The zero-order chi connectivity index (χ0) is 11.7. The van der Waals surface area contributed by atoms with E-state index in [9.17, 15) is 0 Å². The lowest BCUT2D eigenvalue weighted by Crippen LogP contribution is -2.66. The average Bonchev–Trinajstić information content (AvgIpc) is 2.27. The molecule has 0 aromatic heterocycles. The van der Waals surface area contributed by atoms with Crippen LogP contribution in [-0.4, -0.2) is 24.5 Å². The molecule has 3 nitrogen and oxygen atoms in total. The molecule has 5 rings (SSSR count). The van der Waals surface area contributed by atoms with E-state index in [1.54, 1.807) is 0 Å². The lowest BCUT2D eigenvalue weighted by molar-refractivity contribution is -0.369. The van der Waals surface area contributed by atoms with E-state index in [4.69, 9.17) is 15.2 Å². The molecule has 96 valence electrons. The first-order chi connectivity index (χ1) is 8.07. The van der Waals surface area contributed by atoms with Crippen molar-refractivity contribution in [3.8, 4) is 0 Å². The van der Waals surface area contributed by atoms with Crippen molar-refractivity contribution in [3.63, 3.8) is 0 Å². The Labute approximate surface area is 103 Å². The molecule has 0 amide bonds. The van der Waals surface area contributed by atoms with Gasteiger partial charge in [-0.15, -0.1) is 0 Å². The van der Waals surface area contributed by atoms with Gasteiger partial charge in [-0.05, 0) is 50.9 Å². The summed E-state index contributed by atoms with van der Waals surface area (Å²) in [4.78, 5) is 0. The lowest BCUT2D eigenvalue weighted by atomic mass is 9.53. The molecule has 0 aromatic carbocycles. The van der Waals surface area contributed by atoms with Crippen LogP contribution in [0.5, 0.6) is 0 Å². The van der Waals surface area contributed by atoms with Crippen molar-refractivity contribution in [2.75, 3.05) is 13.2 Å². The van der Waals surface area contributed by atoms with Gasteiger partial charge in [0.1, 0.15) is 0 Å². The van der Waals surface area contributed by atoms with Crippen LogP contribution in [-0.2, 0) is 9.47 Å². The van der Waals surface area contributed by atoms with Gasteiger partial charge >= 0.3 is 0 Å². The maximum Gasteiger partial charge on any atom is 0.174 e. The highest BCUT2D eigenvalue weighted by atomic mass is 16.7. The number of nitrogens with two attached hydrogens (primary N) is 1. The van der Waals surface area contributed by atoms with E-state index in [1.807, 2.05) is 6.92 Å². The highest BCUT2D eigenvalue weighted by molar-refractivity contribution is 5.05. The number of ether oxygens (including phenoxy) is 2. The molecule has 5 fully saturated rings. The Bertz CT molecular complexity index is 299. The minimum absolute atomic E-state index is 0.244. The quantitative estimate of drug-likeness (QED) is 0.700. The third kappa shape index (κ3) is 1.45. The summed E-state index contributed by atoms with van der Waals surface area (Å²) in [5.41, 5.74) is 5.81. The van der Waals surface area contributed by atoms with Crippen molar-refractivity contribution in [1.82, 2.24) is 0 Å². The Morgan fingerprint density at radius 1 is 0.882 bits per heavy atom. The van der Waals surface area contributed by atoms with Crippen LogP contribution < -0.4 is 5.73 Å². The van der Waals surface area contributed by atoms with Crippen LogP contribution in [0.1, 0.15) is 39.0 Å². The third-order valence-electron chi connectivity index (χ3n) is 5.53. The fraction of sp³-hybridized carbons (Fsp3) is 1.00. The van der Waals surface area contributed by atoms with Gasteiger partial charge in [0.2, 0.25) is 0 Å². The van der Waals surface area contributed by atoms with Crippen LogP contribution in [0.15, 0.2) is 0 Å². The molecule has 5 aliphatic rings. The summed E-state index contributed by atoms with van der Waals surface area (Å²) < 4.78 is 12.4. The van der Waals surface area contributed by atoms with Gasteiger partial charge in [-0.25, -0.2) is 0 Å². The van der Waals surface area contributed by atoms with E-state index >= 15 is 0 Å². The van der Waals surface area contributed by atoms with Crippen LogP contribution in [0.4, 0.5) is 0 Å². The second kappa shape index (κ2) is 3.25. The maximum absolute atomic E-state index is 6.21. The molecular formula is C14H23NO2. The van der Waals surface area contributed by atoms with Gasteiger partial charge in [-0.1, -0.05) is 0 Å². The second-order valence-electron chi connectivity index (χ2n) is 7.26. The minimum Gasteiger partial charge on any atom is -0.347 e. The summed E-state index contributed by atoms with van der Waals surface area (Å²) in [6.07, 6.45) is 6.78. The van der Waals surface area contributed by atoms with Gasteiger partial charge in [-0.2, -0.15) is 0 Å². The van der Waals surface area contributed by atoms with Gasteiger partial charge < -0.3 is 15.2 Å². The first-order valence-electron chi connectivity index (χ1n) is 7.14. The summed E-state index contributed by atoms with van der Waals surface area (Å²) in [5.74, 6) is 2.97. The fourth-order valence-electron chi connectivity index (χ4n) is 4.95. The fourth-order valence-corrected chi connectivity index (χ4v) is 4.95. The smallest absolute Gasteiger partial charge is 0.174 e. The molecule has 17 heavy (non-hydrogen) atoms. The van der Waals surface area contributed by atoms with E-state index in [0.29, 0.717) is 25.0 Å². The lowest BCUT2D eigenvalue weighted by Gasteiger charge is -2.62. The number of hydrogen-bond acceptors (Lipinski definition) is 3. The monoisotopic (exact) mass is 237 g/mol. The SMILES string of the molecule is CC1(N)COC2(OC1)C1CC3CC(C1)CC2C3. The normalized spacial score (nSPS) is 61.1. The van der Waals surface area contributed by atoms with E-state index in [1.165, 1.54) is 32.1 Å². The van der Waals surface area contributed by atoms with Gasteiger partial charge in [0.05, 0.1) is 18.8 Å². The van der Waals surface area contributed by atoms with Crippen LogP contribution in [0, 0.1) is 23.7 Å². The average molecular weight is 237 g/mol. The molecule has 0 aromatic rings. The molecule has 1 saturated heterocycles. The van der Waals surface area contributed by atoms with E-state index in [-0.39, 0.29) is 11.3 Å². The van der Waals surface area contributed by atoms with Gasteiger partial charge in [0.25, 0.3) is 0 Å². The van der Waals surface area contributed by atoms with E-state index in [2.05, 4.69) is 0 Å². The van der Waals surface area contributed by atoms with Crippen molar-refractivity contribution in [3.05, 3.63) is 0 Å². The Morgan fingerprint density at radius 2 is 1.35 bits per heavy atom. The van der Waals surface area contributed by atoms with Crippen molar-refractivity contribution in [2.45, 2.75) is 50.4 Å². The largest absolute Gasteiger partial charge is 0.347 e. The number of hydrogen-bond donors (Lipinski definition) is 1. The highest BCUT2D eigenvalue weighted by Crippen LogP contribution is 2.60. The first kappa shape index (κ1) is 10.8. The van der Waals surface area contributed by atoms with Crippen LogP contribution >= 0.6 is 0 Å². The van der Waals surface area contributed by atoms with Gasteiger partial charge in [0.15, 0.2) is 5.79 Å². The highest BCUT2D eigenvalue weighted by Gasteiger charge is 2.61. The zero-order valence-corrected chi connectivity index (χ0v) is 10.7. The number of rotatable bonds is 0. The summed E-state index contributed by atoms with van der Waals surface area (Å²) in [6.45, 7) is 3.35. The standard InChI is InChI=1S/C14H23NO2/c1-13(15)7-16-14(17-8-13)11-3-9-2-10(5-11)6-12(14)4-9/h9-12H,2-8,15H2,1H3. The van der Waals surface area contributed by atoms with Crippen molar-refractivity contribution in [1.29, 1.82) is 0 Å². The topological polar surface area (TPSA) is 44.5 Å². The first-order valence-corrected chi connectivity index (χ1v) is 7.14. The Morgan fingerprint density at radius 3 is 1.82 bits per heavy atom. The molecular weight excluding hydrogens is 214 g/mol. The van der Waals surface area contributed by atoms with Crippen LogP contribution in [0.2, 0.25) is 0 Å². The van der Waals surface area contributed by atoms with Gasteiger partial charge in [0, 0.05) is 11.8 Å². The van der Waals surface area contributed by atoms with Crippen LogP contribution in [0.25, 0.3) is 0 Å². The molecule has 4 saturated carbocycles. The molecule has 1 spiro atoms. The summed E-state index contributed by atoms with van der Waals surface area (Å²) in [5, 5.41) is 0. The third-order valence-corrected chi connectivity index (χ3v) is 5.53. The maximum atomic E-state index is 6.21. The summed E-state index contributed by atoms with van der Waals surface area (Å²) in [6, 6.07) is 0. The Balaban J connectivity index is 1.62. The van der Waals surface area contributed by atoms with Crippen molar-refractivity contribution >= 4 is 0 Å². The second-order valence-corrected chi connectivity index (χ2v) is 7.26. The Kier molecular flexibility index (Phi) is 2.06. The molecule has 1 heterocycles. The summed E-state index contributed by atoms with van der Waals surface area (Å²) in [7, 11) is 0. The molecule has 0 atom stereocenters. The zero-order valence-electron chi connectivity index (χ0n) is 10.7.